The monoisotopic (exact) mass is 360 g/mol. The van der Waals surface area contributed by atoms with Crippen molar-refractivity contribution in [3.63, 3.8) is 0 Å². The highest BCUT2D eigenvalue weighted by molar-refractivity contribution is 8.00. The minimum absolute atomic E-state index is 0.0923. The van der Waals surface area contributed by atoms with Gasteiger partial charge in [-0.05, 0) is 36.7 Å². The predicted octanol–water partition coefficient (Wildman–Crippen LogP) is 3.48. The summed E-state index contributed by atoms with van der Waals surface area (Å²) in [4.78, 5) is 23.7. The first-order chi connectivity index (χ1) is 11.3. The fourth-order valence-corrected chi connectivity index (χ4v) is 3.32. The van der Waals surface area contributed by atoms with Crippen LogP contribution >= 0.6 is 11.8 Å². The van der Waals surface area contributed by atoms with Crippen molar-refractivity contribution in [2.75, 3.05) is 6.54 Å². The number of hydrogen-bond acceptors (Lipinski definition) is 3. The summed E-state index contributed by atoms with van der Waals surface area (Å²) in [5.41, 5.74) is -4.57. The van der Waals surface area contributed by atoms with E-state index in [9.17, 15) is 22.8 Å². The van der Waals surface area contributed by atoms with E-state index in [2.05, 4.69) is 10.6 Å². The highest BCUT2D eigenvalue weighted by Gasteiger charge is 2.31. The maximum absolute atomic E-state index is 12.5. The van der Waals surface area contributed by atoms with E-state index in [1.165, 1.54) is 24.3 Å². The van der Waals surface area contributed by atoms with Crippen LogP contribution < -0.4 is 10.6 Å². The Kier molecular flexibility index (Phi) is 6.53. The van der Waals surface area contributed by atoms with Crippen molar-refractivity contribution in [3.05, 3.63) is 29.8 Å². The van der Waals surface area contributed by atoms with Gasteiger partial charge in [0.1, 0.15) is 0 Å². The lowest BCUT2D eigenvalue weighted by Crippen LogP contribution is -2.42. The number of carbonyl (C=O) groups excluding carboxylic acids is 2. The van der Waals surface area contributed by atoms with Gasteiger partial charge in [-0.1, -0.05) is 31.4 Å². The lowest BCUT2D eigenvalue weighted by atomic mass is 9.95. The summed E-state index contributed by atoms with van der Waals surface area (Å²) in [5, 5.41) is 5.22. The molecule has 1 aliphatic rings. The van der Waals surface area contributed by atoms with Crippen molar-refractivity contribution in [2.45, 2.75) is 48.5 Å². The zero-order chi connectivity index (χ0) is 17.6. The molecule has 24 heavy (non-hydrogen) atoms. The normalized spacial score (nSPS) is 15.8. The number of benzene rings is 1. The van der Waals surface area contributed by atoms with Crippen molar-refractivity contribution in [1.29, 1.82) is 0 Å². The van der Waals surface area contributed by atoms with Crippen LogP contribution in [0.5, 0.6) is 0 Å². The molecular weight excluding hydrogens is 341 g/mol. The number of amides is 2. The number of thioether (sulfide) groups is 1. The first-order valence-electron chi connectivity index (χ1n) is 7.77. The second-order valence-electron chi connectivity index (χ2n) is 5.63. The molecule has 1 fully saturated rings. The van der Waals surface area contributed by atoms with Crippen LogP contribution in [-0.2, 0) is 4.79 Å². The molecule has 2 rings (SSSR count). The van der Waals surface area contributed by atoms with Gasteiger partial charge in [-0.3, -0.25) is 9.59 Å². The van der Waals surface area contributed by atoms with Gasteiger partial charge in [-0.15, -0.1) is 0 Å². The van der Waals surface area contributed by atoms with Gasteiger partial charge in [-0.2, -0.15) is 13.2 Å². The van der Waals surface area contributed by atoms with E-state index in [0.29, 0.717) is 0 Å². The van der Waals surface area contributed by atoms with Crippen LogP contribution in [0.1, 0.15) is 42.5 Å². The number of rotatable bonds is 5. The predicted molar refractivity (Wildman–Crippen MR) is 85.7 cm³/mol. The zero-order valence-corrected chi connectivity index (χ0v) is 13.8. The van der Waals surface area contributed by atoms with E-state index in [1.807, 2.05) is 0 Å². The maximum atomic E-state index is 12.5. The van der Waals surface area contributed by atoms with Gasteiger partial charge < -0.3 is 10.6 Å². The second kappa shape index (κ2) is 8.41. The molecule has 2 amide bonds. The van der Waals surface area contributed by atoms with Crippen molar-refractivity contribution in [2.24, 2.45) is 0 Å². The SMILES string of the molecule is O=C(CNC(=O)c1ccccc1SC(F)(F)F)NC1CCCCC1. The Bertz CT molecular complexity index is 587. The zero-order valence-electron chi connectivity index (χ0n) is 13.0. The van der Waals surface area contributed by atoms with Gasteiger partial charge in [0.15, 0.2) is 0 Å². The third-order valence-corrected chi connectivity index (χ3v) is 4.54. The topological polar surface area (TPSA) is 58.2 Å². The lowest BCUT2D eigenvalue weighted by Gasteiger charge is -2.22. The molecule has 0 bridgehead atoms. The van der Waals surface area contributed by atoms with E-state index in [-0.39, 0.29) is 40.7 Å². The standard InChI is InChI=1S/C16H19F3N2O2S/c17-16(18,19)24-13-9-5-4-8-12(13)15(23)20-10-14(22)21-11-6-2-1-3-7-11/h4-5,8-9,11H,1-3,6-7,10H2,(H,20,23)(H,21,22). The summed E-state index contributed by atoms with van der Waals surface area (Å²) < 4.78 is 37.6. The van der Waals surface area contributed by atoms with Crippen LogP contribution in [0.4, 0.5) is 13.2 Å². The fraction of sp³-hybridized carbons (Fsp3) is 0.500. The van der Waals surface area contributed by atoms with E-state index in [0.717, 1.165) is 32.1 Å². The van der Waals surface area contributed by atoms with Crippen LogP contribution in [0, 0.1) is 0 Å². The van der Waals surface area contributed by atoms with Gasteiger partial charge in [0.25, 0.3) is 5.91 Å². The first-order valence-corrected chi connectivity index (χ1v) is 8.59. The van der Waals surface area contributed by atoms with Crippen molar-refractivity contribution < 1.29 is 22.8 Å². The molecule has 0 radical (unpaired) electrons. The molecule has 1 aromatic rings. The van der Waals surface area contributed by atoms with Crippen LogP contribution in [0.25, 0.3) is 0 Å². The molecule has 0 aromatic heterocycles. The van der Waals surface area contributed by atoms with Gasteiger partial charge in [0.2, 0.25) is 5.91 Å². The first kappa shape index (κ1) is 18.6. The number of carbonyl (C=O) groups is 2. The van der Waals surface area contributed by atoms with Crippen molar-refractivity contribution in [3.8, 4) is 0 Å². The lowest BCUT2D eigenvalue weighted by molar-refractivity contribution is -0.121. The van der Waals surface area contributed by atoms with Crippen molar-refractivity contribution >= 4 is 23.6 Å². The van der Waals surface area contributed by atoms with Gasteiger partial charge in [-0.25, -0.2) is 0 Å². The molecule has 0 saturated heterocycles. The summed E-state index contributed by atoms with van der Waals surface area (Å²) in [6.07, 6.45) is 5.14. The molecule has 0 spiro atoms. The summed E-state index contributed by atoms with van der Waals surface area (Å²) in [5.74, 6) is -1.02. The Morgan fingerprint density at radius 1 is 1.12 bits per heavy atom. The van der Waals surface area contributed by atoms with E-state index >= 15 is 0 Å². The molecule has 132 valence electrons. The third-order valence-electron chi connectivity index (χ3n) is 3.74. The summed E-state index contributed by atoms with van der Waals surface area (Å²) in [6, 6.07) is 5.58. The molecule has 1 aromatic carbocycles. The molecule has 1 aliphatic carbocycles. The second-order valence-corrected chi connectivity index (χ2v) is 6.74. The van der Waals surface area contributed by atoms with Crippen LogP contribution in [0.3, 0.4) is 0 Å². The van der Waals surface area contributed by atoms with Crippen molar-refractivity contribution in [1.82, 2.24) is 10.6 Å². The average molecular weight is 360 g/mol. The molecule has 8 heteroatoms. The van der Waals surface area contributed by atoms with Crippen LogP contribution in [-0.4, -0.2) is 29.9 Å². The Hall–Kier alpha value is -1.70. The van der Waals surface area contributed by atoms with Crippen LogP contribution in [0.15, 0.2) is 29.2 Å². The summed E-state index contributed by atoms with van der Waals surface area (Å²) in [6.45, 7) is -0.250. The number of alkyl halides is 3. The number of halogens is 3. The fourth-order valence-electron chi connectivity index (χ4n) is 2.65. The largest absolute Gasteiger partial charge is 0.446 e. The molecule has 0 aliphatic heterocycles. The minimum atomic E-state index is -4.48. The minimum Gasteiger partial charge on any atom is -0.352 e. The van der Waals surface area contributed by atoms with E-state index in [4.69, 9.17) is 0 Å². The maximum Gasteiger partial charge on any atom is 0.446 e. The highest BCUT2D eigenvalue weighted by atomic mass is 32.2. The molecule has 2 N–H and O–H groups in total. The third kappa shape index (κ3) is 6.07. The quantitative estimate of drug-likeness (QED) is 0.791. The molecule has 1 saturated carbocycles. The smallest absolute Gasteiger partial charge is 0.352 e. The number of hydrogen-bond donors (Lipinski definition) is 2. The number of nitrogens with one attached hydrogen (secondary N) is 2. The molecule has 0 atom stereocenters. The Morgan fingerprint density at radius 3 is 2.46 bits per heavy atom. The van der Waals surface area contributed by atoms with E-state index < -0.39 is 11.4 Å². The molecule has 4 nitrogen and oxygen atoms in total. The highest BCUT2D eigenvalue weighted by Crippen LogP contribution is 2.38. The Morgan fingerprint density at radius 2 is 1.79 bits per heavy atom. The molecular formula is C16H19F3N2O2S. The Balaban J connectivity index is 1.89. The summed E-state index contributed by atoms with van der Waals surface area (Å²) in [7, 11) is 0. The average Bonchev–Trinajstić information content (AvgIpc) is 2.52. The van der Waals surface area contributed by atoms with E-state index in [1.54, 1.807) is 0 Å². The molecule has 0 unspecified atom stereocenters. The molecule has 0 heterocycles. The summed E-state index contributed by atoms with van der Waals surface area (Å²) >= 11 is -0.343. The van der Waals surface area contributed by atoms with Gasteiger partial charge in [0.05, 0.1) is 12.1 Å². The van der Waals surface area contributed by atoms with Gasteiger partial charge >= 0.3 is 5.51 Å². The Labute approximate surface area is 142 Å². The van der Waals surface area contributed by atoms with Gasteiger partial charge in [0, 0.05) is 10.9 Å². The van der Waals surface area contributed by atoms with Crippen LogP contribution in [0.2, 0.25) is 0 Å².